The molecular weight excluding hydrogens is 318 g/mol. The number of hydrogen-bond acceptors (Lipinski definition) is 5. The zero-order valence-corrected chi connectivity index (χ0v) is 14.9. The van der Waals surface area contributed by atoms with E-state index in [1.165, 1.54) is 18.1 Å². The topological polar surface area (TPSA) is 56.8 Å². The van der Waals surface area contributed by atoms with Crippen LogP contribution in [0.3, 0.4) is 0 Å². The van der Waals surface area contributed by atoms with E-state index in [2.05, 4.69) is 23.5 Å². The lowest BCUT2D eigenvalue weighted by Crippen LogP contribution is -2.20. The summed E-state index contributed by atoms with van der Waals surface area (Å²) in [6, 6.07) is 6.13. The first kappa shape index (κ1) is 17.8. The molecule has 3 rings (SSSR count). The number of allylic oxidation sites excluding steroid dienone is 1. The van der Waals surface area contributed by atoms with Crippen LogP contribution in [0.15, 0.2) is 29.8 Å². The Morgan fingerprint density at radius 2 is 2.12 bits per heavy atom. The van der Waals surface area contributed by atoms with E-state index in [9.17, 15) is 4.79 Å². The Hall–Kier alpha value is -2.01. The van der Waals surface area contributed by atoms with Crippen molar-refractivity contribution in [2.24, 2.45) is 0 Å². The third-order valence-corrected chi connectivity index (χ3v) is 4.60. The highest BCUT2D eigenvalue weighted by Crippen LogP contribution is 2.32. The van der Waals surface area contributed by atoms with Crippen LogP contribution in [0.25, 0.3) is 0 Å². The predicted octanol–water partition coefficient (Wildman–Crippen LogP) is 3.37. The van der Waals surface area contributed by atoms with Gasteiger partial charge in [-0.2, -0.15) is 0 Å². The number of esters is 1. The van der Waals surface area contributed by atoms with Crippen LogP contribution in [0.5, 0.6) is 11.5 Å². The largest absolute Gasteiger partial charge is 0.458 e. The number of ether oxygens (including phenoxy) is 3. The Bertz CT molecular complexity index is 626. The predicted molar refractivity (Wildman–Crippen MR) is 95.9 cm³/mol. The lowest BCUT2D eigenvalue weighted by Gasteiger charge is -2.21. The van der Waals surface area contributed by atoms with E-state index in [1.807, 2.05) is 6.07 Å². The molecule has 0 fully saturated rings. The molecule has 1 heterocycles. The number of carbonyl (C=O) groups excluding carboxylic acids is 1. The highest BCUT2D eigenvalue weighted by molar-refractivity contribution is 5.66. The fourth-order valence-electron chi connectivity index (χ4n) is 3.37. The maximum absolute atomic E-state index is 11.1. The molecule has 1 unspecified atom stereocenters. The molecule has 136 valence electrons. The summed E-state index contributed by atoms with van der Waals surface area (Å²) in [5, 5.41) is 3.50. The van der Waals surface area contributed by atoms with E-state index in [4.69, 9.17) is 14.2 Å². The van der Waals surface area contributed by atoms with Gasteiger partial charge in [-0.25, -0.2) is 0 Å². The molecule has 0 aromatic heterocycles. The highest BCUT2D eigenvalue weighted by atomic mass is 16.7. The quantitative estimate of drug-likeness (QED) is 0.445. The minimum atomic E-state index is -0.187. The standard InChI is InChI=1S/C20H27NO4/c1-15(22)25-18-6-2-4-16(12-18)5-3-10-21-11-9-17-7-8-19-20(13-17)24-14-23-19/h7-8,12-13,18,21H,2-6,9-11,14H2,1H3. The van der Waals surface area contributed by atoms with E-state index < -0.39 is 0 Å². The van der Waals surface area contributed by atoms with E-state index in [-0.39, 0.29) is 12.1 Å². The third kappa shape index (κ3) is 5.49. The number of fused-ring (bicyclic) bond motifs is 1. The lowest BCUT2D eigenvalue weighted by atomic mass is 9.94. The van der Waals surface area contributed by atoms with Gasteiger partial charge in [0.2, 0.25) is 6.79 Å². The second-order valence-electron chi connectivity index (χ2n) is 6.66. The van der Waals surface area contributed by atoms with Crippen LogP contribution in [0, 0.1) is 0 Å². The van der Waals surface area contributed by atoms with Crippen LogP contribution in [-0.4, -0.2) is 32.0 Å². The van der Waals surface area contributed by atoms with Gasteiger partial charge in [-0.05, 0) is 75.4 Å². The monoisotopic (exact) mass is 345 g/mol. The maximum Gasteiger partial charge on any atom is 0.303 e. The van der Waals surface area contributed by atoms with Gasteiger partial charge in [0.05, 0.1) is 0 Å². The molecule has 0 saturated heterocycles. The molecule has 5 heteroatoms. The van der Waals surface area contributed by atoms with Gasteiger partial charge in [-0.15, -0.1) is 0 Å². The Balaban J connectivity index is 1.31. The molecule has 1 N–H and O–H groups in total. The zero-order valence-electron chi connectivity index (χ0n) is 14.9. The second kappa shape index (κ2) is 8.90. The number of carbonyl (C=O) groups is 1. The van der Waals surface area contributed by atoms with Crippen molar-refractivity contribution in [1.82, 2.24) is 5.32 Å². The number of benzene rings is 1. The number of hydrogen-bond donors (Lipinski definition) is 1. The van der Waals surface area contributed by atoms with E-state index in [0.717, 1.165) is 63.1 Å². The minimum absolute atomic E-state index is 0.0137. The molecule has 1 aromatic carbocycles. The lowest BCUT2D eigenvalue weighted by molar-refractivity contribution is -0.144. The first-order valence-electron chi connectivity index (χ1n) is 9.17. The van der Waals surface area contributed by atoms with Crippen molar-refractivity contribution in [3.05, 3.63) is 35.4 Å². The number of rotatable bonds is 8. The van der Waals surface area contributed by atoms with Crippen molar-refractivity contribution in [1.29, 1.82) is 0 Å². The number of nitrogens with one attached hydrogen (secondary N) is 1. The summed E-state index contributed by atoms with van der Waals surface area (Å²) in [6.07, 6.45) is 8.51. The second-order valence-corrected chi connectivity index (χ2v) is 6.66. The summed E-state index contributed by atoms with van der Waals surface area (Å²) >= 11 is 0. The van der Waals surface area contributed by atoms with Crippen LogP contribution in [0.1, 0.15) is 44.6 Å². The van der Waals surface area contributed by atoms with Crippen molar-refractivity contribution in [2.75, 3.05) is 19.9 Å². The van der Waals surface area contributed by atoms with Gasteiger partial charge in [-0.1, -0.05) is 11.6 Å². The Kier molecular flexibility index (Phi) is 6.34. The summed E-state index contributed by atoms with van der Waals surface area (Å²) < 4.78 is 16.0. The summed E-state index contributed by atoms with van der Waals surface area (Å²) in [5.41, 5.74) is 2.69. The Morgan fingerprint density at radius 1 is 1.24 bits per heavy atom. The molecular formula is C20H27NO4. The first-order valence-corrected chi connectivity index (χ1v) is 9.17. The summed E-state index contributed by atoms with van der Waals surface area (Å²) in [5.74, 6) is 1.50. The molecule has 1 aromatic rings. The van der Waals surface area contributed by atoms with Gasteiger partial charge >= 0.3 is 5.97 Å². The fourth-order valence-corrected chi connectivity index (χ4v) is 3.37. The van der Waals surface area contributed by atoms with Crippen molar-refractivity contribution in [3.8, 4) is 11.5 Å². The molecule has 0 spiro atoms. The van der Waals surface area contributed by atoms with Crippen LogP contribution in [0.2, 0.25) is 0 Å². The first-order chi connectivity index (χ1) is 12.2. The molecule has 0 saturated carbocycles. The summed E-state index contributed by atoms with van der Waals surface area (Å²) in [4.78, 5) is 11.1. The average molecular weight is 345 g/mol. The van der Waals surface area contributed by atoms with Crippen LogP contribution in [0.4, 0.5) is 0 Å². The van der Waals surface area contributed by atoms with Crippen molar-refractivity contribution in [2.45, 2.75) is 51.6 Å². The van der Waals surface area contributed by atoms with E-state index >= 15 is 0 Å². The average Bonchev–Trinajstić information content (AvgIpc) is 3.05. The zero-order chi connectivity index (χ0) is 17.5. The molecule has 1 aliphatic heterocycles. The van der Waals surface area contributed by atoms with Crippen LogP contribution < -0.4 is 14.8 Å². The molecule has 5 nitrogen and oxygen atoms in total. The summed E-state index contributed by atoms with van der Waals surface area (Å²) in [6.45, 7) is 3.76. The fraction of sp³-hybridized carbons (Fsp3) is 0.550. The highest BCUT2D eigenvalue weighted by Gasteiger charge is 2.15. The van der Waals surface area contributed by atoms with Crippen molar-refractivity contribution in [3.63, 3.8) is 0 Å². The molecule has 0 radical (unpaired) electrons. The molecule has 2 aliphatic rings. The van der Waals surface area contributed by atoms with Crippen LogP contribution in [-0.2, 0) is 16.0 Å². The van der Waals surface area contributed by atoms with Crippen LogP contribution >= 0.6 is 0 Å². The van der Waals surface area contributed by atoms with Gasteiger partial charge in [0.25, 0.3) is 0 Å². The molecule has 0 amide bonds. The van der Waals surface area contributed by atoms with Gasteiger partial charge in [0.15, 0.2) is 11.5 Å². The van der Waals surface area contributed by atoms with E-state index in [1.54, 1.807) is 0 Å². The molecule has 1 aliphatic carbocycles. The Labute approximate surface area is 149 Å². The molecule has 25 heavy (non-hydrogen) atoms. The third-order valence-electron chi connectivity index (χ3n) is 4.60. The summed E-state index contributed by atoms with van der Waals surface area (Å²) in [7, 11) is 0. The van der Waals surface area contributed by atoms with Gasteiger partial charge in [-0.3, -0.25) is 4.79 Å². The van der Waals surface area contributed by atoms with Crippen molar-refractivity contribution >= 4 is 5.97 Å². The normalized spacial score (nSPS) is 18.8. The maximum atomic E-state index is 11.1. The Morgan fingerprint density at radius 3 is 3.00 bits per heavy atom. The van der Waals surface area contributed by atoms with Crippen molar-refractivity contribution < 1.29 is 19.0 Å². The SMILES string of the molecule is CC(=O)OC1C=C(CCCNCCc2ccc3c(c2)OCO3)CCC1. The van der Waals surface area contributed by atoms with Gasteiger partial charge in [0.1, 0.15) is 6.10 Å². The van der Waals surface area contributed by atoms with Gasteiger partial charge in [0, 0.05) is 6.92 Å². The molecule has 0 bridgehead atoms. The minimum Gasteiger partial charge on any atom is -0.458 e. The molecule has 1 atom stereocenters. The van der Waals surface area contributed by atoms with Gasteiger partial charge < -0.3 is 19.5 Å². The smallest absolute Gasteiger partial charge is 0.303 e. The van der Waals surface area contributed by atoms with E-state index in [0.29, 0.717) is 6.79 Å².